The predicted molar refractivity (Wildman–Crippen MR) is 153 cm³/mol. The van der Waals surface area contributed by atoms with Crippen molar-refractivity contribution < 1.29 is 33.0 Å². The summed E-state index contributed by atoms with van der Waals surface area (Å²) < 4.78 is 29.7. The Balaban J connectivity index is 1.24. The summed E-state index contributed by atoms with van der Waals surface area (Å²) in [5, 5.41) is 0. The fraction of sp³-hybridized carbons (Fsp3) is 0.323. The lowest BCUT2D eigenvalue weighted by molar-refractivity contribution is -0.125. The van der Waals surface area contributed by atoms with Gasteiger partial charge in [-0.15, -0.1) is 0 Å². The third-order valence-corrected chi connectivity index (χ3v) is 7.26. The molecule has 2 heterocycles. The van der Waals surface area contributed by atoms with E-state index in [0.717, 1.165) is 18.7 Å². The summed E-state index contributed by atoms with van der Waals surface area (Å²) in [5.41, 5.74) is 1.59. The van der Waals surface area contributed by atoms with Crippen LogP contribution in [0.2, 0.25) is 0 Å². The Kier molecular flexibility index (Phi) is 8.99. The van der Waals surface area contributed by atoms with Crippen molar-refractivity contribution in [2.45, 2.75) is 6.54 Å². The molecule has 2 aliphatic heterocycles. The second-order valence-electron chi connectivity index (χ2n) is 10.1. The van der Waals surface area contributed by atoms with Gasteiger partial charge in [0.15, 0.2) is 0 Å². The molecule has 2 aliphatic rings. The number of anilines is 1. The van der Waals surface area contributed by atoms with Gasteiger partial charge in [0.1, 0.15) is 29.6 Å². The van der Waals surface area contributed by atoms with Crippen LogP contribution in [0, 0.1) is 5.82 Å². The van der Waals surface area contributed by atoms with Crippen molar-refractivity contribution in [2.75, 3.05) is 65.0 Å². The lowest BCUT2D eigenvalue weighted by Crippen LogP contribution is -2.43. The van der Waals surface area contributed by atoms with E-state index in [4.69, 9.17) is 14.2 Å². The summed E-state index contributed by atoms with van der Waals surface area (Å²) in [5.74, 6) is 0.540. The van der Waals surface area contributed by atoms with Crippen molar-refractivity contribution >= 4 is 23.5 Å². The number of nitrogens with zero attached hydrogens (tertiary/aromatic N) is 4. The van der Waals surface area contributed by atoms with Crippen molar-refractivity contribution in [3.8, 4) is 17.2 Å². The van der Waals surface area contributed by atoms with E-state index in [2.05, 4.69) is 4.90 Å². The Labute approximate surface area is 243 Å². The highest BCUT2D eigenvalue weighted by molar-refractivity contribution is 6.12. The lowest BCUT2D eigenvalue weighted by atomic mass is 10.1. The van der Waals surface area contributed by atoms with Gasteiger partial charge in [0.05, 0.1) is 25.9 Å². The lowest BCUT2D eigenvalue weighted by Gasteiger charge is -2.28. The first-order chi connectivity index (χ1) is 20.3. The third kappa shape index (κ3) is 6.69. The zero-order valence-corrected chi connectivity index (χ0v) is 23.6. The van der Waals surface area contributed by atoms with Gasteiger partial charge >= 0.3 is 6.03 Å². The summed E-state index contributed by atoms with van der Waals surface area (Å²) in [6, 6.07) is 17.5. The van der Waals surface area contributed by atoms with Crippen molar-refractivity contribution in [3.05, 3.63) is 83.7 Å². The molecule has 0 spiro atoms. The summed E-state index contributed by atoms with van der Waals surface area (Å²) in [6.07, 6.45) is 0. The minimum atomic E-state index is -0.409. The van der Waals surface area contributed by atoms with Gasteiger partial charge in [-0.25, -0.2) is 9.18 Å². The van der Waals surface area contributed by atoms with Crippen LogP contribution in [0.5, 0.6) is 17.2 Å². The molecule has 10 nitrogen and oxygen atoms in total. The van der Waals surface area contributed by atoms with Crippen LogP contribution < -0.4 is 14.4 Å². The zero-order chi connectivity index (χ0) is 29.6. The van der Waals surface area contributed by atoms with Crippen LogP contribution in [0.3, 0.4) is 0 Å². The van der Waals surface area contributed by atoms with Gasteiger partial charge in [0.2, 0.25) is 0 Å². The SMILES string of the molecule is COc1ccc(N2CC(=O)N(CCN3CCOCC3)C2=O)cc1C(=O)N(C)Cc1ccc(Oc2ccc(F)cc2)cc1. The molecule has 42 heavy (non-hydrogen) atoms. The van der Waals surface area contributed by atoms with Crippen LogP contribution in [0.4, 0.5) is 14.9 Å². The van der Waals surface area contributed by atoms with Gasteiger partial charge in [-0.3, -0.25) is 24.3 Å². The topological polar surface area (TPSA) is 91.9 Å². The highest BCUT2D eigenvalue weighted by Crippen LogP contribution is 2.29. The van der Waals surface area contributed by atoms with Crippen molar-refractivity contribution in [1.82, 2.24) is 14.7 Å². The number of carbonyl (C=O) groups excluding carboxylic acids is 3. The highest BCUT2D eigenvalue weighted by Gasteiger charge is 2.37. The van der Waals surface area contributed by atoms with Crippen LogP contribution in [-0.2, 0) is 16.1 Å². The molecule has 0 radical (unpaired) electrons. The minimum Gasteiger partial charge on any atom is -0.496 e. The van der Waals surface area contributed by atoms with E-state index < -0.39 is 6.03 Å². The number of hydrogen-bond acceptors (Lipinski definition) is 7. The Bertz CT molecular complexity index is 1430. The number of imide groups is 1. The predicted octanol–water partition coefficient (Wildman–Crippen LogP) is 4.00. The Morgan fingerprint density at radius 3 is 2.29 bits per heavy atom. The molecule has 0 bridgehead atoms. The molecule has 0 atom stereocenters. The van der Waals surface area contributed by atoms with E-state index in [0.29, 0.717) is 55.8 Å². The van der Waals surface area contributed by atoms with Crippen LogP contribution in [0.15, 0.2) is 66.7 Å². The molecule has 0 aromatic heterocycles. The molecule has 2 saturated heterocycles. The Morgan fingerprint density at radius 1 is 0.952 bits per heavy atom. The number of ether oxygens (including phenoxy) is 3. The van der Waals surface area contributed by atoms with Gasteiger partial charge < -0.3 is 19.1 Å². The molecule has 0 saturated carbocycles. The molecule has 5 rings (SSSR count). The monoisotopic (exact) mass is 576 g/mol. The van der Waals surface area contributed by atoms with E-state index in [1.54, 1.807) is 54.4 Å². The normalized spacial score (nSPS) is 15.7. The summed E-state index contributed by atoms with van der Waals surface area (Å²) in [6.45, 7) is 3.92. The maximum atomic E-state index is 13.5. The van der Waals surface area contributed by atoms with Crippen LogP contribution in [0.1, 0.15) is 15.9 Å². The van der Waals surface area contributed by atoms with E-state index in [9.17, 15) is 18.8 Å². The van der Waals surface area contributed by atoms with Gasteiger partial charge in [0.25, 0.3) is 11.8 Å². The van der Waals surface area contributed by atoms with Crippen LogP contribution in [0.25, 0.3) is 0 Å². The largest absolute Gasteiger partial charge is 0.496 e. The first-order valence-corrected chi connectivity index (χ1v) is 13.7. The van der Waals surface area contributed by atoms with E-state index in [1.807, 2.05) is 12.1 Å². The number of halogens is 1. The molecule has 0 aliphatic carbocycles. The third-order valence-electron chi connectivity index (χ3n) is 7.26. The Hall–Kier alpha value is -4.48. The molecule has 220 valence electrons. The summed E-state index contributed by atoms with van der Waals surface area (Å²) >= 11 is 0. The maximum Gasteiger partial charge on any atom is 0.331 e. The Morgan fingerprint density at radius 2 is 1.62 bits per heavy atom. The molecular formula is C31H33FN4O6. The number of morpholine rings is 1. The second-order valence-corrected chi connectivity index (χ2v) is 10.1. The van der Waals surface area contributed by atoms with E-state index in [-0.39, 0.29) is 29.7 Å². The number of hydrogen-bond donors (Lipinski definition) is 0. The zero-order valence-electron chi connectivity index (χ0n) is 23.6. The molecule has 3 aromatic carbocycles. The fourth-order valence-electron chi connectivity index (χ4n) is 4.91. The number of rotatable bonds is 10. The average Bonchev–Trinajstić information content (AvgIpc) is 3.30. The highest BCUT2D eigenvalue weighted by atomic mass is 19.1. The summed E-state index contributed by atoms with van der Waals surface area (Å²) in [7, 11) is 3.15. The molecule has 3 aromatic rings. The molecule has 4 amide bonds. The molecule has 11 heteroatoms. The van der Waals surface area contributed by atoms with Gasteiger partial charge in [0, 0.05) is 45.5 Å². The number of amides is 4. The molecule has 2 fully saturated rings. The second kappa shape index (κ2) is 13.0. The quantitative estimate of drug-likeness (QED) is 0.337. The van der Waals surface area contributed by atoms with Gasteiger partial charge in [-0.05, 0) is 60.2 Å². The average molecular weight is 577 g/mol. The summed E-state index contributed by atoms with van der Waals surface area (Å²) in [4.78, 5) is 45.8. The van der Waals surface area contributed by atoms with E-state index >= 15 is 0 Å². The van der Waals surface area contributed by atoms with Gasteiger partial charge in [-0.1, -0.05) is 12.1 Å². The van der Waals surface area contributed by atoms with Crippen LogP contribution >= 0.6 is 0 Å². The van der Waals surface area contributed by atoms with Crippen molar-refractivity contribution in [2.24, 2.45) is 0 Å². The number of methoxy groups -OCH3 is 1. The van der Waals surface area contributed by atoms with E-state index in [1.165, 1.54) is 29.0 Å². The number of carbonyl (C=O) groups is 3. The number of urea groups is 1. The van der Waals surface area contributed by atoms with Crippen molar-refractivity contribution in [3.63, 3.8) is 0 Å². The fourth-order valence-corrected chi connectivity index (χ4v) is 4.91. The number of benzene rings is 3. The molecular weight excluding hydrogens is 543 g/mol. The first kappa shape index (κ1) is 29.0. The smallest absolute Gasteiger partial charge is 0.331 e. The standard InChI is InChI=1S/C31H33FN4O6/c1-33(20-22-3-8-25(9-4-22)42-26-10-5-23(32)6-11-26)30(38)27-19-24(7-12-28(27)40-2)36-21-29(37)35(31(36)39)14-13-34-15-17-41-18-16-34/h3-12,19H,13-18,20-21H2,1-2H3. The molecule has 0 unspecified atom stereocenters. The van der Waals surface area contributed by atoms with Crippen LogP contribution in [-0.4, -0.2) is 92.6 Å². The van der Waals surface area contributed by atoms with Crippen molar-refractivity contribution in [1.29, 1.82) is 0 Å². The molecule has 0 N–H and O–H groups in total. The minimum absolute atomic E-state index is 0.0932. The van der Waals surface area contributed by atoms with Gasteiger partial charge in [-0.2, -0.15) is 0 Å². The maximum absolute atomic E-state index is 13.5. The first-order valence-electron chi connectivity index (χ1n) is 13.7.